The molecule has 0 heterocycles. The summed E-state index contributed by atoms with van der Waals surface area (Å²) in [7, 11) is 0. The Morgan fingerprint density at radius 2 is 1.82 bits per heavy atom. The summed E-state index contributed by atoms with van der Waals surface area (Å²) in [5.74, 6) is 0.329. The van der Waals surface area contributed by atoms with Gasteiger partial charge in [0.1, 0.15) is 6.29 Å². The first-order chi connectivity index (χ1) is 16.0. The van der Waals surface area contributed by atoms with Crippen molar-refractivity contribution in [3.8, 4) is 0 Å². The van der Waals surface area contributed by atoms with Crippen molar-refractivity contribution >= 4 is 12.3 Å². The summed E-state index contributed by atoms with van der Waals surface area (Å²) in [4.78, 5) is 22.5. The number of carbonyl (C=O) groups is 2. The maximum Gasteiger partial charge on any atom is 0.317 e. The van der Waals surface area contributed by atoms with E-state index in [4.69, 9.17) is 5.11 Å². The van der Waals surface area contributed by atoms with Crippen LogP contribution in [0.2, 0.25) is 0 Å². The predicted octanol–water partition coefficient (Wildman–Crippen LogP) is 2.46. The standard InChI is InChI=1S/C27H45NO6/c1-15(8-16(14-29)12-28-13-24(33)34)19-4-5-20-25-21(11-23(32)27(19,20)3)26(2)7-6-18(30)9-17(26)10-22(25)31/h14-23,25,28,30-32H,4-13H2,1-3H3,(H,33,34)/t15?,16?,17-,18+,19?,20-,21-,22+,23-,25?,26-,27+/m0/s1. The number of fused-ring (bicyclic) bond motifs is 5. The third-order valence-corrected chi connectivity index (χ3v) is 11.1. The number of rotatable bonds is 8. The van der Waals surface area contributed by atoms with Gasteiger partial charge in [-0.25, -0.2) is 0 Å². The highest BCUT2D eigenvalue weighted by atomic mass is 16.4. The number of nitrogens with one attached hydrogen (secondary N) is 1. The number of carboxylic acid groups (broad SMARTS) is 1. The highest BCUT2D eigenvalue weighted by Gasteiger charge is 2.65. The minimum atomic E-state index is -0.932. The lowest BCUT2D eigenvalue weighted by atomic mass is 9.43. The zero-order valence-corrected chi connectivity index (χ0v) is 21.0. The summed E-state index contributed by atoms with van der Waals surface area (Å²) in [5, 5.41) is 45.0. The Hall–Kier alpha value is -1.02. The second-order valence-electron chi connectivity index (χ2n) is 12.7. The molecule has 0 amide bonds. The minimum Gasteiger partial charge on any atom is -0.480 e. The molecule has 7 heteroatoms. The quantitative estimate of drug-likeness (QED) is 0.338. The number of aliphatic hydroxyl groups is 3. The van der Waals surface area contributed by atoms with E-state index in [-0.39, 0.29) is 65.1 Å². The molecular weight excluding hydrogens is 434 g/mol. The molecule has 5 N–H and O–H groups in total. The van der Waals surface area contributed by atoms with Crippen molar-refractivity contribution in [1.29, 1.82) is 0 Å². The average Bonchev–Trinajstić information content (AvgIpc) is 3.13. The summed E-state index contributed by atoms with van der Waals surface area (Å²) in [6.45, 7) is 6.93. The largest absolute Gasteiger partial charge is 0.480 e. The van der Waals surface area contributed by atoms with E-state index in [1.807, 2.05) is 0 Å². The Balaban J connectivity index is 1.51. The number of aldehydes is 1. The zero-order chi connectivity index (χ0) is 24.8. The monoisotopic (exact) mass is 479 g/mol. The van der Waals surface area contributed by atoms with Crippen LogP contribution >= 0.6 is 0 Å². The van der Waals surface area contributed by atoms with E-state index in [1.165, 1.54) is 0 Å². The molecule has 0 radical (unpaired) electrons. The maximum atomic E-state index is 11.7. The van der Waals surface area contributed by atoms with E-state index in [1.54, 1.807) is 0 Å². The molecule has 4 aliphatic carbocycles. The second kappa shape index (κ2) is 9.79. The fourth-order valence-electron chi connectivity index (χ4n) is 9.33. The molecule has 194 valence electrons. The van der Waals surface area contributed by atoms with Gasteiger partial charge in [0.25, 0.3) is 0 Å². The fraction of sp³-hybridized carbons (Fsp3) is 0.926. The molecule has 0 aromatic heterocycles. The number of carbonyl (C=O) groups excluding carboxylic acids is 1. The number of aliphatic hydroxyl groups excluding tert-OH is 3. The highest BCUT2D eigenvalue weighted by molar-refractivity contribution is 5.69. The first-order valence-electron chi connectivity index (χ1n) is 13.4. The molecule has 0 aliphatic heterocycles. The van der Waals surface area contributed by atoms with E-state index >= 15 is 0 Å². The van der Waals surface area contributed by atoms with E-state index in [0.29, 0.717) is 25.3 Å². The van der Waals surface area contributed by atoms with E-state index in [9.17, 15) is 24.9 Å². The summed E-state index contributed by atoms with van der Waals surface area (Å²) >= 11 is 0. The molecule has 0 bridgehead atoms. The summed E-state index contributed by atoms with van der Waals surface area (Å²) in [5.41, 5.74) is -0.228. The third kappa shape index (κ3) is 4.35. The van der Waals surface area contributed by atoms with Gasteiger partial charge in [-0.2, -0.15) is 0 Å². The smallest absolute Gasteiger partial charge is 0.317 e. The molecule has 34 heavy (non-hydrogen) atoms. The van der Waals surface area contributed by atoms with Gasteiger partial charge in [0.2, 0.25) is 0 Å². The van der Waals surface area contributed by atoms with Crippen molar-refractivity contribution in [3.63, 3.8) is 0 Å². The van der Waals surface area contributed by atoms with Crippen LogP contribution in [0.15, 0.2) is 0 Å². The molecule has 12 atom stereocenters. The SMILES string of the molecule is CC(CC(C=O)CNCC(=O)O)C1CC[C@H]2C3[C@H](O)C[C@@H]4C[C@H](O)CC[C@]4(C)[C@H]3C[C@H](O)[C@]12C. The fourth-order valence-corrected chi connectivity index (χ4v) is 9.33. The van der Waals surface area contributed by atoms with Crippen molar-refractivity contribution in [1.82, 2.24) is 5.32 Å². The summed E-state index contributed by atoms with van der Waals surface area (Å²) in [6, 6.07) is 0. The molecule has 4 saturated carbocycles. The molecule has 4 unspecified atom stereocenters. The van der Waals surface area contributed by atoms with Gasteiger partial charge in [0.15, 0.2) is 0 Å². The lowest BCUT2D eigenvalue weighted by Gasteiger charge is -2.63. The molecule has 4 rings (SSSR count). The van der Waals surface area contributed by atoms with Gasteiger partial charge >= 0.3 is 5.97 Å². The van der Waals surface area contributed by atoms with Crippen LogP contribution in [-0.2, 0) is 9.59 Å². The molecule has 0 spiro atoms. The van der Waals surface area contributed by atoms with Crippen LogP contribution in [0.1, 0.15) is 72.1 Å². The number of carboxylic acids is 1. The molecule has 0 saturated heterocycles. The normalized spacial score (nSPS) is 47.7. The van der Waals surface area contributed by atoms with Crippen molar-refractivity contribution < 1.29 is 30.0 Å². The van der Waals surface area contributed by atoms with Crippen LogP contribution in [0.5, 0.6) is 0 Å². The Bertz CT molecular complexity index is 761. The van der Waals surface area contributed by atoms with Crippen LogP contribution in [-0.4, -0.2) is 64.1 Å². The van der Waals surface area contributed by atoms with E-state index in [0.717, 1.165) is 44.8 Å². The number of aliphatic carboxylic acids is 1. The van der Waals surface area contributed by atoms with E-state index < -0.39 is 12.1 Å². The van der Waals surface area contributed by atoms with Crippen molar-refractivity contribution in [3.05, 3.63) is 0 Å². The highest BCUT2D eigenvalue weighted by Crippen LogP contribution is 2.68. The Morgan fingerprint density at radius 3 is 2.50 bits per heavy atom. The average molecular weight is 480 g/mol. The van der Waals surface area contributed by atoms with Crippen LogP contribution in [0, 0.1) is 52.3 Å². The molecule has 7 nitrogen and oxygen atoms in total. The van der Waals surface area contributed by atoms with Crippen LogP contribution in [0.3, 0.4) is 0 Å². The van der Waals surface area contributed by atoms with Crippen LogP contribution in [0.4, 0.5) is 0 Å². The Morgan fingerprint density at radius 1 is 1.09 bits per heavy atom. The van der Waals surface area contributed by atoms with Crippen LogP contribution < -0.4 is 5.32 Å². The van der Waals surface area contributed by atoms with Gasteiger partial charge in [-0.05, 0) is 97.7 Å². The predicted molar refractivity (Wildman–Crippen MR) is 128 cm³/mol. The first-order valence-corrected chi connectivity index (χ1v) is 13.4. The lowest BCUT2D eigenvalue weighted by molar-refractivity contribution is -0.207. The van der Waals surface area contributed by atoms with Crippen LogP contribution in [0.25, 0.3) is 0 Å². The van der Waals surface area contributed by atoms with Crippen molar-refractivity contribution in [2.45, 2.75) is 90.4 Å². The lowest BCUT2D eigenvalue weighted by Crippen LogP contribution is -2.62. The zero-order valence-electron chi connectivity index (χ0n) is 21.0. The van der Waals surface area contributed by atoms with Gasteiger partial charge in [0.05, 0.1) is 24.9 Å². The third-order valence-electron chi connectivity index (χ3n) is 11.1. The first kappa shape index (κ1) is 26.1. The molecule has 4 aliphatic rings. The Labute approximate surface area is 203 Å². The van der Waals surface area contributed by atoms with Gasteiger partial charge in [-0.3, -0.25) is 4.79 Å². The van der Waals surface area contributed by atoms with Gasteiger partial charge in [-0.15, -0.1) is 0 Å². The van der Waals surface area contributed by atoms with E-state index in [2.05, 4.69) is 26.1 Å². The summed E-state index contributed by atoms with van der Waals surface area (Å²) in [6.07, 6.45) is 6.48. The minimum absolute atomic E-state index is 0.0631. The molecular formula is C27H45NO6. The maximum absolute atomic E-state index is 11.7. The van der Waals surface area contributed by atoms with Gasteiger partial charge in [0, 0.05) is 12.5 Å². The topological polar surface area (TPSA) is 127 Å². The van der Waals surface area contributed by atoms with Gasteiger partial charge in [-0.1, -0.05) is 20.8 Å². The number of hydrogen-bond acceptors (Lipinski definition) is 6. The second-order valence-corrected chi connectivity index (χ2v) is 12.7. The van der Waals surface area contributed by atoms with Crippen molar-refractivity contribution in [2.24, 2.45) is 52.3 Å². The Kier molecular flexibility index (Phi) is 7.51. The van der Waals surface area contributed by atoms with Crippen molar-refractivity contribution in [2.75, 3.05) is 13.1 Å². The van der Waals surface area contributed by atoms with Gasteiger partial charge < -0.3 is 30.5 Å². The number of hydrogen-bond donors (Lipinski definition) is 5. The molecule has 0 aromatic rings. The molecule has 4 fully saturated rings. The summed E-state index contributed by atoms with van der Waals surface area (Å²) < 4.78 is 0. The molecule has 0 aromatic carbocycles.